The summed E-state index contributed by atoms with van der Waals surface area (Å²) < 4.78 is 1.20. The van der Waals surface area contributed by atoms with Crippen LogP contribution in [0.1, 0.15) is 35.1 Å². The number of benzene rings is 2. The fourth-order valence-corrected chi connectivity index (χ4v) is 5.71. The molecule has 27 heavy (non-hydrogen) atoms. The van der Waals surface area contributed by atoms with Gasteiger partial charge in [0.25, 0.3) is 0 Å². The van der Waals surface area contributed by atoms with Crippen LogP contribution in [0.4, 0.5) is 0 Å². The third kappa shape index (κ3) is 3.19. The Labute approximate surface area is 175 Å². The highest BCUT2D eigenvalue weighted by Gasteiger charge is 2.41. The van der Waals surface area contributed by atoms with Crippen LogP contribution in [0.3, 0.4) is 0 Å². The molecule has 2 unspecified atom stereocenters. The van der Waals surface area contributed by atoms with Gasteiger partial charge in [-0.2, -0.15) is 0 Å². The van der Waals surface area contributed by atoms with E-state index in [-0.39, 0.29) is 30.0 Å². The number of aliphatic hydroxyl groups excluding tert-OH is 1. The lowest BCUT2D eigenvalue weighted by atomic mass is 9.73. The Kier molecular flexibility index (Phi) is 5.24. The first kappa shape index (κ1) is 19.2. The molecular formula is C23H25BrClNO. The van der Waals surface area contributed by atoms with Crippen LogP contribution >= 0.6 is 28.3 Å². The topological polar surface area (TPSA) is 23.5 Å². The third-order valence-electron chi connectivity index (χ3n) is 6.74. The lowest BCUT2D eigenvalue weighted by Crippen LogP contribution is -2.53. The zero-order valence-corrected chi connectivity index (χ0v) is 17.7. The molecule has 0 aromatic heterocycles. The third-order valence-corrected chi connectivity index (χ3v) is 7.43. The van der Waals surface area contributed by atoms with E-state index in [0.717, 1.165) is 38.8 Å². The molecule has 5 rings (SSSR count). The number of piperidine rings is 1. The van der Waals surface area contributed by atoms with Crippen LogP contribution in [0, 0.1) is 0 Å². The van der Waals surface area contributed by atoms with Crippen molar-refractivity contribution < 1.29 is 5.11 Å². The van der Waals surface area contributed by atoms with Crippen molar-refractivity contribution in [3.05, 3.63) is 75.3 Å². The molecule has 2 nitrogen and oxygen atoms in total. The van der Waals surface area contributed by atoms with Crippen molar-refractivity contribution in [3.8, 4) is 0 Å². The van der Waals surface area contributed by atoms with E-state index in [9.17, 15) is 5.11 Å². The minimum Gasteiger partial charge on any atom is -0.391 e. The fraction of sp³-hybridized carbons (Fsp3) is 0.391. The van der Waals surface area contributed by atoms with Crippen molar-refractivity contribution in [3.63, 3.8) is 0 Å². The Morgan fingerprint density at radius 3 is 2.41 bits per heavy atom. The molecule has 2 aromatic rings. The Morgan fingerprint density at radius 1 is 0.963 bits per heavy atom. The van der Waals surface area contributed by atoms with E-state index >= 15 is 0 Å². The Balaban J connectivity index is 0.00000180. The fourth-order valence-electron chi connectivity index (χ4n) is 5.21. The van der Waals surface area contributed by atoms with E-state index < -0.39 is 0 Å². The van der Waals surface area contributed by atoms with Gasteiger partial charge < -0.3 is 5.11 Å². The molecule has 2 aliphatic carbocycles. The first-order valence-electron chi connectivity index (χ1n) is 9.63. The van der Waals surface area contributed by atoms with Gasteiger partial charge in [-0.3, -0.25) is 4.90 Å². The van der Waals surface area contributed by atoms with Crippen molar-refractivity contribution in [2.75, 3.05) is 13.1 Å². The number of halogens is 2. The maximum atomic E-state index is 10.8. The molecule has 1 fully saturated rings. The van der Waals surface area contributed by atoms with Crippen molar-refractivity contribution >= 4 is 34.4 Å². The molecule has 1 saturated heterocycles. The van der Waals surface area contributed by atoms with Crippen LogP contribution in [-0.4, -0.2) is 35.2 Å². The summed E-state index contributed by atoms with van der Waals surface area (Å²) in [5, 5.41) is 10.8. The summed E-state index contributed by atoms with van der Waals surface area (Å²) in [6.07, 6.45) is 8.50. The second kappa shape index (κ2) is 7.36. The van der Waals surface area contributed by atoms with Crippen LogP contribution in [0.2, 0.25) is 0 Å². The Bertz CT molecular complexity index is 872. The molecule has 142 valence electrons. The number of fused-ring (bicyclic) bond motifs is 3. The average molecular weight is 447 g/mol. The van der Waals surface area contributed by atoms with Gasteiger partial charge in [0, 0.05) is 22.4 Å². The number of hydrogen-bond donors (Lipinski definition) is 1. The summed E-state index contributed by atoms with van der Waals surface area (Å²) in [6.45, 7) is 2.11. The number of nitrogens with zero attached hydrogens (tertiary/aromatic N) is 1. The normalized spacial score (nSPS) is 25.7. The van der Waals surface area contributed by atoms with E-state index in [1.165, 1.54) is 26.7 Å². The standard InChI is InChI=1S/C23H24BrNO.ClH/c24-20-7-3-6-19-18(20)8-9-23(19)10-12-25(13-11-23)21-14-16-4-1-2-5-17(16)15-22(21)26;/h1-9,21-22,26H,10-15H2;1H. The SMILES string of the molecule is Cl.OC1Cc2ccccc2CC1N1CCC2(C=Cc3c(Br)cccc32)CC1. The van der Waals surface area contributed by atoms with E-state index in [2.05, 4.69) is 75.4 Å². The molecule has 0 bridgehead atoms. The van der Waals surface area contributed by atoms with Gasteiger partial charge in [0.05, 0.1) is 6.10 Å². The molecule has 0 radical (unpaired) electrons. The largest absolute Gasteiger partial charge is 0.391 e. The summed E-state index contributed by atoms with van der Waals surface area (Å²) in [4.78, 5) is 2.54. The molecule has 1 heterocycles. The lowest BCUT2D eigenvalue weighted by Gasteiger charge is -2.45. The van der Waals surface area contributed by atoms with Crippen LogP contribution in [-0.2, 0) is 18.3 Å². The van der Waals surface area contributed by atoms with Gasteiger partial charge in [0.2, 0.25) is 0 Å². The average Bonchev–Trinajstić information content (AvgIpc) is 3.02. The van der Waals surface area contributed by atoms with Gasteiger partial charge >= 0.3 is 0 Å². The maximum Gasteiger partial charge on any atom is 0.0738 e. The lowest BCUT2D eigenvalue weighted by molar-refractivity contribution is 0.0237. The first-order valence-corrected chi connectivity index (χ1v) is 10.4. The van der Waals surface area contributed by atoms with Crippen molar-refractivity contribution in [2.45, 2.75) is 43.2 Å². The molecule has 2 atom stereocenters. The minimum absolute atomic E-state index is 0. The molecule has 0 amide bonds. The number of allylic oxidation sites excluding steroid dienone is 1. The molecule has 0 saturated carbocycles. The Morgan fingerprint density at radius 2 is 1.67 bits per heavy atom. The summed E-state index contributed by atoms with van der Waals surface area (Å²) >= 11 is 3.70. The minimum atomic E-state index is -0.250. The maximum absolute atomic E-state index is 10.8. The molecular weight excluding hydrogens is 422 g/mol. The summed E-state index contributed by atoms with van der Waals surface area (Å²) in [5.41, 5.74) is 5.75. The molecule has 2 aromatic carbocycles. The highest BCUT2D eigenvalue weighted by Crippen LogP contribution is 2.46. The molecule has 1 aliphatic heterocycles. The number of hydrogen-bond acceptors (Lipinski definition) is 2. The Hall–Kier alpha value is -1.13. The van der Waals surface area contributed by atoms with Gasteiger partial charge in [-0.1, -0.05) is 64.5 Å². The second-order valence-electron chi connectivity index (χ2n) is 8.04. The zero-order chi connectivity index (χ0) is 17.7. The van der Waals surface area contributed by atoms with E-state index in [1.807, 2.05) is 0 Å². The van der Waals surface area contributed by atoms with Gasteiger partial charge in [-0.25, -0.2) is 0 Å². The highest BCUT2D eigenvalue weighted by molar-refractivity contribution is 9.10. The van der Waals surface area contributed by atoms with E-state index in [1.54, 1.807) is 0 Å². The van der Waals surface area contributed by atoms with Crippen molar-refractivity contribution in [1.82, 2.24) is 4.90 Å². The van der Waals surface area contributed by atoms with Gasteiger partial charge in [0.15, 0.2) is 0 Å². The quantitative estimate of drug-likeness (QED) is 0.683. The first-order chi connectivity index (χ1) is 12.7. The van der Waals surface area contributed by atoms with Crippen LogP contribution < -0.4 is 0 Å². The summed E-state index contributed by atoms with van der Waals surface area (Å²) in [6, 6.07) is 15.4. The van der Waals surface area contributed by atoms with Crippen molar-refractivity contribution in [2.24, 2.45) is 0 Å². The summed E-state index contributed by atoms with van der Waals surface area (Å²) in [5.74, 6) is 0. The van der Waals surface area contributed by atoms with E-state index in [0.29, 0.717) is 0 Å². The second-order valence-corrected chi connectivity index (χ2v) is 8.89. The van der Waals surface area contributed by atoms with Gasteiger partial charge in [0.1, 0.15) is 0 Å². The number of likely N-dealkylation sites (tertiary alicyclic amines) is 1. The predicted octanol–water partition coefficient (Wildman–Crippen LogP) is 4.76. The zero-order valence-electron chi connectivity index (χ0n) is 15.3. The number of aliphatic hydroxyl groups is 1. The van der Waals surface area contributed by atoms with Crippen LogP contribution in [0.15, 0.2) is 53.0 Å². The molecule has 3 aliphatic rings. The van der Waals surface area contributed by atoms with Crippen LogP contribution in [0.5, 0.6) is 0 Å². The smallest absolute Gasteiger partial charge is 0.0738 e. The molecule has 1 N–H and O–H groups in total. The summed E-state index contributed by atoms with van der Waals surface area (Å²) in [7, 11) is 0. The highest BCUT2D eigenvalue weighted by atomic mass is 79.9. The molecule has 1 spiro atoms. The van der Waals surface area contributed by atoms with Gasteiger partial charge in [-0.15, -0.1) is 12.4 Å². The number of rotatable bonds is 1. The molecule has 4 heteroatoms. The van der Waals surface area contributed by atoms with E-state index in [4.69, 9.17) is 0 Å². The van der Waals surface area contributed by atoms with Crippen molar-refractivity contribution in [1.29, 1.82) is 0 Å². The van der Waals surface area contributed by atoms with Gasteiger partial charge in [-0.05, 0) is 60.7 Å². The van der Waals surface area contributed by atoms with Crippen LogP contribution in [0.25, 0.3) is 6.08 Å². The monoisotopic (exact) mass is 445 g/mol. The predicted molar refractivity (Wildman–Crippen MR) is 117 cm³/mol.